The molecule has 0 amide bonds. The Hall–Kier alpha value is -0.850. The van der Waals surface area contributed by atoms with Crippen molar-refractivity contribution >= 4 is 0 Å². The molecule has 1 fully saturated rings. The SMILES string of the molecule is CCCC1(c2ccccn2)CC1CC. The summed E-state index contributed by atoms with van der Waals surface area (Å²) < 4.78 is 0. The molecule has 1 saturated carbocycles. The van der Waals surface area contributed by atoms with Crippen LogP contribution in [0.3, 0.4) is 0 Å². The topological polar surface area (TPSA) is 12.9 Å². The highest BCUT2D eigenvalue weighted by molar-refractivity contribution is 5.27. The van der Waals surface area contributed by atoms with Crippen LogP contribution >= 0.6 is 0 Å². The fraction of sp³-hybridized carbons (Fsp3) is 0.615. The number of hydrogen-bond acceptors (Lipinski definition) is 1. The lowest BCUT2D eigenvalue weighted by Crippen LogP contribution is -2.11. The summed E-state index contributed by atoms with van der Waals surface area (Å²) in [6, 6.07) is 6.32. The van der Waals surface area contributed by atoms with Gasteiger partial charge in [0.2, 0.25) is 0 Å². The Morgan fingerprint density at radius 2 is 2.29 bits per heavy atom. The third kappa shape index (κ3) is 1.45. The predicted molar refractivity (Wildman–Crippen MR) is 59.2 cm³/mol. The molecule has 0 spiro atoms. The minimum Gasteiger partial charge on any atom is -0.261 e. The maximum absolute atomic E-state index is 4.53. The molecule has 0 aliphatic heterocycles. The van der Waals surface area contributed by atoms with Crippen LogP contribution in [0, 0.1) is 5.92 Å². The number of aromatic nitrogens is 1. The minimum atomic E-state index is 0.449. The van der Waals surface area contributed by atoms with Crippen molar-refractivity contribution in [2.24, 2.45) is 5.92 Å². The third-order valence-corrected chi connectivity index (χ3v) is 3.60. The van der Waals surface area contributed by atoms with E-state index >= 15 is 0 Å². The van der Waals surface area contributed by atoms with Gasteiger partial charge in [-0.05, 0) is 30.9 Å². The van der Waals surface area contributed by atoms with Crippen molar-refractivity contribution in [1.29, 1.82) is 0 Å². The van der Waals surface area contributed by atoms with E-state index in [0.717, 1.165) is 5.92 Å². The van der Waals surface area contributed by atoms with Crippen LogP contribution in [0.4, 0.5) is 0 Å². The van der Waals surface area contributed by atoms with Crippen LogP contribution in [0.15, 0.2) is 24.4 Å². The van der Waals surface area contributed by atoms with Gasteiger partial charge in [0.15, 0.2) is 0 Å². The lowest BCUT2D eigenvalue weighted by Gasteiger charge is -2.15. The second kappa shape index (κ2) is 3.72. The van der Waals surface area contributed by atoms with Crippen molar-refractivity contribution in [2.45, 2.75) is 44.9 Å². The van der Waals surface area contributed by atoms with Crippen LogP contribution in [0.5, 0.6) is 0 Å². The Labute approximate surface area is 86.6 Å². The molecule has 1 aliphatic carbocycles. The van der Waals surface area contributed by atoms with Gasteiger partial charge in [0.1, 0.15) is 0 Å². The zero-order valence-corrected chi connectivity index (χ0v) is 9.16. The summed E-state index contributed by atoms with van der Waals surface area (Å²) in [6.45, 7) is 4.57. The molecule has 0 saturated heterocycles. The van der Waals surface area contributed by atoms with Crippen LogP contribution in [0.25, 0.3) is 0 Å². The van der Waals surface area contributed by atoms with Gasteiger partial charge in [0, 0.05) is 17.3 Å². The molecular formula is C13H19N. The van der Waals surface area contributed by atoms with Crippen LogP contribution in [0.2, 0.25) is 0 Å². The maximum Gasteiger partial charge on any atom is 0.0468 e. The van der Waals surface area contributed by atoms with E-state index in [1.807, 2.05) is 12.3 Å². The van der Waals surface area contributed by atoms with Gasteiger partial charge in [-0.15, -0.1) is 0 Å². The van der Waals surface area contributed by atoms with Crippen molar-refractivity contribution in [3.05, 3.63) is 30.1 Å². The van der Waals surface area contributed by atoms with Crippen molar-refractivity contribution in [1.82, 2.24) is 4.98 Å². The molecule has 2 atom stereocenters. The lowest BCUT2D eigenvalue weighted by molar-refractivity contribution is 0.523. The standard InChI is InChI=1S/C13H19N/c1-3-8-13(10-11(13)4-2)12-7-5-6-9-14-12/h5-7,9,11H,3-4,8,10H2,1-2H3. The monoisotopic (exact) mass is 189 g/mol. The van der Waals surface area contributed by atoms with Crippen molar-refractivity contribution < 1.29 is 0 Å². The van der Waals surface area contributed by atoms with E-state index in [-0.39, 0.29) is 0 Å². The molecule has 14 heavy (non-hydrogen) atoms. The third-order valence-electron chi connectivity index (χ3n) is 3.60. The van der Waals surface area contributed by atoms with Gasteiger partial charge in [-0.25, -0.2) is 0 Å². The van der Waals surface area contributed by atoms with E-state index in [1.165, 1.54) is 31.4 Å². The second-order valence-electron chi connectivity index (χ2n) is 4.43. The number of rotatable bonds is 4. The first-order valence-electron chi connectivity index (χ1n) is 5.75. The van der Waals surface area contributed by atoms with Gasteiger partial charge in [-0.1, -0.05) is 32.8 Å². The molecule has 1 aromatic rings. The summed E-state index contributed by atoms with van der Waals surface area (Å²) in [6.07, 6.45) is 7.16. The summed E-state index contributed by atoms with van der Waals surface area (Å²) in [5.74, 6) is 0.886. The smallest absolute Gasteiger partial charge is 0.0468 e. The van der Waals surface area contributed by atoms with Gasteiger partial charge in [-0.3, -0.25) is 4.98 Å². The number of nitrogens with zero attached hydrogens (tertiary/aromatic N) is 1. The lowest BCUT2D eigenvalue weighted by atomic mass is 9.92. The summed E-state index contributed by atoms with van der Waals surface area (Å²) >= 11 is 0. The summed E-state index contributed by atoms with van der Waals surface area (Å²) in [7, 11) is 0. The zero-order chi connectivity index (χ0) is 10.0. The molecule has 2 unspecified atom stereocenters. The van der Waals surface area contributed by atoms with Gasteiger partial charge >= 0.3 is 0 Å². The molecule has 0 N–H and O–H groups in total. The Balaban J connectivity index is 2.22. The van der Waals surface area contributed by atoms with Gasteiger partial charge in [0.05, 0.1) is 0 Å². The highest BCUT2D eigenvalue weighted by Gasteiger charge is 2.53. The summed E-state index contributed by atoms with van der Waals surface area (Å²) in [5.41, 5.74) is 1.78. The largest absolute Gasteiger partial charge is 0.261 e. The summed E-state index contributed by atoms with van der Waals surface area (Å²) in [5, 5.41) is 0. The Morgan fingerprint density at radius 3 is 2.79 bits per heavy atom. The van der Waals surface area contributed by atoms with E-state index in [4.69, 9.17) is 0 Å². The Morgan fingerprint density at radius 1 is 1.43 bits per heavy atom. The first-order valence-corrected chi connectivity index (χ1v) is 5.75. The van der Waals surface area contributed by atoms with E-state index in [1.54, 1.807) is 0 Å². The zero-order valence-electron chi connectivity index (χ0n) is 9.16. The first-order chi connectivity index (χ1) is 6.83. The molecule has 0 aromatic carbocycles. The minimum absolute atomic E-state index is 0.449. The van der Waals surface area contributed by atoms with E-state index in [2.05, 4.69) is 31.0 Å². The van der Waals surface area contributed by atoms with Crippen LogP contribution in [-0.4, -0.2) is 4.98 Å². The Kier molecular flexibility index (Phi) is 2.58. The first kappa shape index (κ1) is 9.70. The van der Waals surface area contributed by atoms with Gasteiger partial charge in [0.25, 0.3) is 0 Å². The molecule has 1 heterocycles. The fourth-order valence-corrected chi connectivity index (χ4v) is 2.77. The molecule has 1 aliphatic rings. The number of pyridine rings is 1. The fourth-order valence-electron chi connectivity index (χ4n) is 2.77. The predicted octanol–water partition coefficient (Wildman–Crippen LogP) is 3.55. The van der Waals surface area contributed by atoms with Crippen LogP contribution in [-0.2, 0) is 5.41 Å². The highest BCUT2D eigenvalue weighted by Crippen LogP contribution is 2.58. The molecule has 1 nitrogen and oxygen atoms in total. The number of hydrogen-bond donors (Lipinski definition) is 0. The summed E-state index contributed by atoms with van der Waals surface area (Å²) in [4.78, 5) is 4.53. The normalized spacial score (nSPS) is 30.3. The molecule has 1 aromatic heterocycles. The average Bonchev–Trinajstić information content (AvgIpc) is 2.95. The van der Waals surface area contributed by atoms with Gasteiger partial charge < -0.3 is 0 Å². The highest BCUT2D eigenvalue weighted by atomic mass is 14.8. The molecule has 2 rings (SSSR count). The van der Waals surface area contributed by atoms with Crippen molar-refractivity contribution in [3.63, 3.8) is 0 Å². The van der Waals surface area contributed by atoms with E-state index < -0.39 is 0 Å². The van der Waals surface area contributed by atoms with E-state index in [0.29, 0.717) is 5.41 Å². The van der Waals surface area contributed by atoms with Crippen molar-refractivity contribution in [3.8, 4) is 0 Å². The molecule has 76 valence electrons. The Bertz CT molecular complexity index is 293. The van der Waals surface area contributed by atoms with Crippen LogP contribution < -0.4 is 0 Å². The molecule has 0 radical (unpaired) electrons. The molecule has 0 bridgehead atoms. The van der Waals surface area contributed by atoms with Crippen molar-refractivity contribution in [2.75, 3.05) is 0 Å². The maximum atomic E-state index is 4.53. The quantitative estimate of drug-likeness (QED) is 0.706. The van der Waals surface area contributed by atoms with E-state index in [9.17, 15) is 0 Å². The molecule has 1 heteroatoms. The molecular weight excluding hydrogens is 170 g/mol. The van der Waals surface area contributed by atoms with Gasteiger partial charge in [-0.2, -0.15) is 0 Å². The average molecular weight is 189 g/mol. The van der Waals surface area contributed by atoms with Crippen LogP contribution in [0.1, 0.15) is 45.2 Å². The second-order valence-corrected chi connectivity index (χ2v) is 4.43.